The Balaban J connectivity index is 1.56. The van der Waals surface area contributed by atoms with E-state index in [1.54, 1.807) is 6.26 Å². The van der Waals surface area contributed by atoms with E-state index in [0.717, 1.165) is 50.5 Å². The number of esters is 2. The quantitative estimate of drug-likeness (QED) is 0.453. The maximum atomic E-state index is 13.7. The fraction of sp³-hybridized carbons (Fsp3) is 0.808. The molecule has 0 spiro atoms. The maximum absolute atomic E-state index is 13.7. The standard InChI is InChI=1S/C26H38O5/c1-15(14-30-16(2)27)21-8-9-22-20-7-6-18-12-19(31-17(3)28)10-11-25(18,4)24(20)23(29)13-26(21,22)5/h14,18-22,24H,6-13H2,1-5H3/b15-14+/t18-,19+,20-,21+,22-,24+,25-,26+/m0/s1. The van der Waals surface area contributed by atoms with Gasteiger partial charge in [-0.05, 0) is 91.9 Å². The van der Waals surface area contributed by atoms with Crippen molar-refractivity contribution in [2.75, 3.05) is 0 Å². The molecular formula is C26H38O5. The average molecular weight is 431 g/mol. The molecule has 4 fully saturated rings. The van der Waals surface area contributed by atoms with Crippen molar-refractivity contribution in [1.82, 2.24) is 0 Å². The molecule has 0 N–H and O–H groups in total. The molecule has 0 amide bonds. The van der Waals surface area contributed by atoms with Gasteiger partial charge in [-0.25, -0.2) is 0 Å². The predicted molar refractivity (Wildman–Crippen MR) is 117 cm³/mol. The van der Waals surface area contributed by atoms with Crippen LogP contribution in [0.2, 0.25) is 0 Å². The van der Waals surface area contributed by atoms with Crippen LogP contribution >= 0.6 is 0 Å². The fourth-order valence-corrected chi connectivity index (χ4v) is 8.38. The monoisotopic (exact) mass is 430 g/mol. The third-order valence-corrected chi connectivity index (χ3v) is 9.59. The fourth-order valence-electron chi connectivity index (χ4n) is 8.38. The largest absolute Gasteiger partial charge is 0.463 e. The lowest BCUT2D eigenvalue weighted by molar-refractivity contribution is -0.168. The molecule has 172 valence electrons. The van der Waals surface area contributed by atoms with Gasteiger partial charge in [0, 0.05) is 26.2 Å². The number of carbonyl (C=O) groups excluding carboxylic acids is 3. The zero-order chi connectivity index (χ0) is 22.6. The number of hydrogen-bond donors (Lipinski definition) is 0. The Morgan fingerprint density at radius 3 is 2.39 bits per heavy atom. The molecule has 4 saturated carbocycles. The topological polar surface area (TPSA) is 69.7 Å². The lowest BCUT2D eigenvalue weighted by Gasteiger charge is -2.60. The van der Waals surface area contributed by atoms with Gasteiger partial charge in [0.2, 0.25) is 0 Å². The van der Waals surface area contributed by atoms with Crippen LogP contribution in [-0.4, -0.2) is 23.8 Å². The van der Waals surface area contributed by atoms with E-state index in [2.05, 4.69) is 13.8 Å². The van der Waals surface area contributed by atoms with Crippen molar-refractivity contribution in [3.8, 4) is 0 Å². The number of rotatable bonds is 3. The maximum Gasteiger partial charge on any atom is 0.307 e. The summed E-state index contributed by atoms with van der Waals surface area (Å²) < 4.78 is 10.7. The van der Waals surface area contributed by atoms with E-state index in [9.17, 15) is 14.4 Å². The molecule has 4 rings (SSSR count). The Hall–Kier alpha value is -1.65. The van der Waals surface area contributed by atoms with Gasteiger partial charge in [0.15, 0.2) is 0 Å². The van der Waals surface area contributed by atoms with Gasteiger partial charge in [-0.2, -0.15) is 0 Å². The molecule has 4 aliphatic rings. The van der Waals surface area contributed by atoms with Crippen LogP contribution in [0, 0.1) is 40.4 Å². The Labute approximate surface area is 186 Å². The molecule has 4 aliphatic carbocycles. The Kier molecular flexibility index (Phi) is 5.85. The van der Waals surface area contributed by atoms with Crippen LogP contribution in [0.25, 0.3) is 0 Å². The third kappa shape index (κ3) is 3.76. The molecule has 5 nitrogen and oxygen atoms in total. The molecule has 0 aromatic carbocycles. The van der Waals surface area contributed by atoms with E-state index < -0.39 is 0 Å². The summed E-state index contributed by atoms with van der Waals surface area (Å²) in [5.74, 6) is 1.84. The molecule has 0 aliphatic heterocycles. The number of ether oxygens (including phenoxy) is 2. The second kappa shape index (κ2) is 8.04. The molecule has 5 heteroatoms. The van der Waals surface area contributed by atoms with Crippen molar-refractivity contribution in [3.05, 3.63) is 11.8 Å². The highest BCUT2D eigenvalue weighted by Crippen LogP contribution is 2.67. The van der Waals surface area contributed by atoms with E-state index in [-0.39, 0.29) is 34.8 Å². The first-order valence-electron chi connectivity index (χ1n) is 12.1. The first-order chi connectivity index (χ1) is 14.6. The summed E-state index contributed by atoms with van der Waals surface area (Å²) in [7, 11) is 0. The highest BCUT2D eigenvalue weighted by molar-refractivity contribution is 5.84. The van der Waals surface area contributed by atoms with Gasteiger partial charge in [0.1, 0.15) is 11.9 Å². The van der Waals surface area contributed by atoms with Gasteiger partial charge in [-0.1, -0.05) is 13.8 Å². The summed E-state index contributed by atoms with van der Waals surface area (Å²) in [6, 6.07) is 0. The first-order valence-corrected chi connectivity index (χ1v) is 12.1. The normalized spacial score (nSPS) is 44.7. The molecule has 31 heavy (non-hydrogen) atoms. The van der Waals surface area contributed by atoms with Crippen LogP contribution in [-0.2, 0) is 23.9 Å². The van der Waals surface area contributed by atoms with Gasteiger partial charge >= 0.3 is 11.9 Å². The van der Waals surface area contributed by atoms with Crippen LogP contribution in [0.15, 0.2) is 11.8 Å². The molecule has 0 saturated heterocycles. The average Bonchev–Trinajstić information content (AvgIpc) is 3.02. The minimum Gasteiger partial charge on any atom is -0.463 e. The SMILES string of the molecule is CC(=O)O/C=C(\C)[C@H]1CC[C@H]2[C@@H]3CC[C@H]4C[C@H](OC(C)=O)CC[C@]4(C)[C@H]3C(=O)C[C@]12C. The summed E-state index contributed by atoms with van der Waals surface area (Å²) in [6.07, 6.45) is 9.45. The minimum absolute atomic E-state index is 0.0148. The van der Waals surface area contributed by atoms with E-state index in [1.165, 1.54) is 13.8 Å². The zero-order valence-corrected chi connectivity index (χ0v) is 19.7. The van der Waals surface area contributed by atoms with Crippen molar-refractivity contribution in [1.29, 1.82) is 0 Å². The summed E-state index contributed by atoms with van der Waals surface area (Å²) in [4.78, 5) is 36.5. The number of Topliss-reactive ketones (excluding diaryl/α,β-unsaturated/α-hetero) is 1. The van der Waals surface area contributed by atoms with Crippen LogP contribution in [0.1, 0.15) is 86.0 Å². The molecule has 0 unspecified atom stereocenters. The van der Waals surface area contributed by atoms with Crippen LogP contribution in [0.5, 0.6) is 0 Å². The zero-order valence-electron chi connectivity index (χ0n) is 19.7. The van der Waals surface area contributed by atoms with Gasteiger partial charge in [0.05, 0.1) is 6.26 Å². The van der Waals surface area contributed by atoms with E-state index in [0.29, 0.717) is 35.9 Å². The molecule has 0 radical (unpaired) electrons. The second-order valence-electron chi connectivity index (χ2n) is 11.3. The van der Waals surface area contributed by atoms with Gasteiger partial charge < -0.3 is 9.47 Å². The smallest absolute Gasteiger partial charge is 0.307 e. The Morgan fingerprint density at radius 1 is 0.968 bits per heavy atom. The highest BCUT2D eigenvalue weighted by Gasteiger charge is 2.63. The van der Waals surface area contributed by atoms with Crippen molar-refractivity contribution in [3.63, 3.8) is 0 Å². The predicted octanol–water partition coefficient (Wildman–Crippen LogP) is 5.22. The summed E-state index contributed by atoms with van der Waals surface area (Å²) in [5, 5.41) is 0. The van der Waals surface area contributed by atoms with Crippen molar-refractivity contribution >= 4 is 17.7 Å². The van der Waals surface area contributed by atoms with Crippen molar-refractivity contribution in [2.45, 2.75) is 92.1 Å². The number of carbonyl (C=O) groups is 3. The molecule has 8 atom stereocenters. The first kappa shape index (κ1) is 22.5. The van der Waals surface area contributed by atoms with Crippen LogP contribution in [0.4, 0.5) is 0 Å². The van der Waals surface area contributed by atoms with Crippen LogP contribution < -0.4 is 0 Å². The molecule has 0 heterocycles. The summed E-state index contributed by atoms with van der Waals surface area (Å²) in [6.45, 7) is 9.61. The number of hydrogen-bond acceptors (Lipinski definition) is 5. The summed E-state index contributed by atoms with van der Waals surface area (Å²) in [5.41, 5.74) is 1.07. The Morgan fingerprint density at radius 2 is 1.71 bits per heavy atom. The third-order valence-electron chi connectivity index (χ3n) is 9.59. The Bertz CT molecular complexity index is 800. The van der Waals surface area contributed by atoms with Crippen molar-refractivity contribution < 1.29 is 23.9 Å². The lowest BCUT2D eigenvalue weighted by Crippen LogP contribution is -2.57. The highest BCUT2D eigenvalue weighted by atomic mass is 16.5. The lowest BCUT2D eigenvalue weighted by atomic mass is 9.44. The molecule has 0 aromatic heterocycles. The van der Waals surface area contributed by atoms with Crippen molar-refractivity contribution in [2.24, 2.45) is 40.4 Å². The number of ketones is 1. The molecular weight excluding hydrogens is 392 g/mol. The second-order valence-corrected chi connectivity index (χ2v) is 11.3. The van der Waals surface area contributed by atoms with Crippen LogP contribution in [0.3, 0.4) is 0 Å². The van der Waals surface area contributed by atoms with Gasteiger partial charge in [-0.3, -0.25) is 14.4 Å². The number of fused-ring (bicyclic) bond motifs is 5. The van der Waals surface area contributed by atoms with E-state index in [1.807, 2.05) is 6.92 Å². The minimum atomic E-state index is -0.297. The van der Waals surface area contributed by atoms with Gasteiger partial charge in [-0.15, -0.1) is 0 Å². The molecule has 0 bridgehead atoms. The summed E-state index contributed by atoms with van der Waals surface area (Å²) >= 11 is 0. The van der Waals surface area contributed by atoms with Gasteiger partial charge in [0.25, 0.3) is 0 Å². The number of allylic oxidation sites excluding steroid dienone is 1. The van der Waals surface area contributed by atoms with E-state index in [4.69, 9.17) is 9.47 Å². The van der Waals surface area contributed by atoms with E-state index >= 15 is 0 Å². The molecule has 0 aromatic rings.